The van der Waals surface area contributed by atoms with E-state index in [9.17, 15) is 14.0 Å². The van der Waals surface area contributed by atoms with Crippen LogP contribution in [0.4, 0.5) is 4.39 Å². The van der Waals surface area contributed by atoms with E-state index in [2.05, 4.69) is 10.9 Å². The van der Waals surface area contributed by atoms with E-state index < -0.39 is 23.7 Å². The lowest BCUT2D eigenvalue weighted by Gasteiger charge is -2.14. The number of hydrogen-bond acceptors (Lipinski definition) is 4. The van der Waals surface area contributed by atoms with Crippen LogP contribution in [0, 0.1) is 5.82 Å². The molecule has 142 valence electrons. The van der Waals surface area contributed by atoms with Gasteiger partial charge < -0.3 is 9.47 Å². The van der Waals surface area contributed by atoms with E-state index in [4.69, 9.17) is 9.47 Å². The fraction of sp³-hybridized carbons (Fsp3) is 0.200. The molecule has 0 heterocycles. The minimum atomic E-state index is -0.876. The molecule has 0 aliphatic heterocycles. The van der Waals surface area contributed by atoms with Crippen molar-refractivity contribution in [2.75, 3.05) is 6.61 Å². The Morgan fingerprint density at radius 2 is 1.81 bits per heavy atom. The Morgan fingerprint density at radius 3 is 2.52 bits per heavy atom. The van der Waals surface area contributed by atoms with Crippen molar-refractivity contribution in [3.8, 4) is 11.5 Å². The molecule has 0 bridgehead atoms. The number of amides is 2. The van der Waals surface area contributed by atoms with Gasteiger partial charge in [-0.2, -0.15) is 0 Å². The highest BCUT2D eigenvalue weighted by molar-refractivity contribution is 5.93. The summed E-state index contributed by atoms with van der Waals surface area (Å²) in [5.74, 6) is -0.448. The number of nitrogens with one attached hydrogen (secondary N) is 2. The molecule has 2 aromatic rings. The van der Waals surface area contributed by atoms with Gasteiger partial charge in [-0.25, -0.2) is 4.39 Å². The Kier molecular flexibility index (Phi) is 7.37. The van der Waals surface area contributed by atoms with Gasteiger partial charge in [0.2, 0.25) is 0 Å². The third-order valence-corrected chi connectivity index (χ3v) is 3.44. The number of carbonyl (C=O) groups excluding carboxylic acids is 2. The first-order chi connectivity index (χ1) is 13.0. The van der Waals surface area contributed by atoms with Crippen molar-refractivity contribution in [3.63, 3.8) is 0 Å². The van der Waals surface area contributed by atoms with Crippen LogP contribution in [0.1, 0.15) is 19.4 Å². The molecule has 1 unspecified atom stereocenters. The summed E-state index contributed by atoms with van der Waals surface area (Å²) < 4.78 is 23.7. The standard InChI is InChI=1S/C20H21FN2O4/c1-3-26-18-7-5-4-6-15(18)8-13-19(24)22-23-20(25)14(2)27-17-11-9-16(21)10-12-17/h4-14H,3H2,1-2H3,(H,22,24)(H,23,25)/b13-8+. The zero-order valence-electron chi connectivity index (χ0n) is 15.1. The number of para-hydroxylation sites is 1. The van der Waals surface area contributed by atoms with Crippen LogP contribution in [0.15, 0.2) is 54.6 Å². The lowest BCUT2D eigenvalue weighted by Crippen LogP contribution is -2.46. The van der Waals surface area contributed by atoms with E-state index in [1.165, 1.54) is 37.3 Å². The lowest BCUT2D eigenvalue weighted by atomic mass is 10.2. The fourth-order valence-corrected chi connectivity index (χ4v) is 2.11. The summed E-state index contributed by atoms with van der Waals surface area (Å²) in [6, 6.07) is 12.6. The molecule has 2 rings (SSSR count). The molecule has 0 radical (unpaired) electrons. The molecular formula is C20H21FN2O4. The maximum absolute atomic E-state index is 12.9. The van der Waals surface area contributed by atoms with Crippen molar-refractivity contribution in [2.24, 2.45) is 0 Å². The summed E-state index contributed by atoms with van der Waals surface area (Å²) in [7, 11) is 0. The zero-order valence-corrected chi connectivity index (χ0v) is 15.1. The number of rotatable bonds is 7. The average molecular weight is 372 g/mol. The molecular weight excluding hydrogens is 351 g/mol. The van der Waals surface area contributed by atoms with Gasteiger partial charge >= 0.3 is 0 Å². The van der Waals surface area contributed by atoms with Gasteiger partial charge in [0, 0.05) is 11.6 Å². The van der Waals surface area contributed by atoms with Gasteiger partial charge in [-0.15, -0.1) is 0 Å². The molecule has 1 atom stereocenters. The number of carbonyl (C=O) groups is 2. The molecule has 2 amide bonds. The Hall–Kier alpha value is -3.35. The van der Waals surface area contributed by atoms with Crippen LogP contribution in [0.5, 0.6) is 11.5 Å². The molecule has 27 heavy (non-hydrogen) atoms. The maximum Gasteiger partial charge on any atom is 0.279 e. The topological polar surface area (TPSA) is 76.7 Å². The lowest BCUT2D eigenvalue weighted by molar-refractivity contribution is -0.131. The quantitative estimate of drug-likeness (QED) is 0.579. The summed E-state index contributed by atoms with van der Waals surface area (Å²) in [5, 5.41) is 0. The summed E-state index contributed by atoms with van der Waals surface area (Å²) in [6.07, 6.45) is 1.99. The van der Waals surface area contributed by atoms with Gasteiger partial charge in [0.15, 0.2) is 6.10 Å². The van der Waals surface area contributed by atoms with Crippen molar-refractivity contribution < 1.29 is 23.5 Å². The molecule has 0 saturated heterocycles. The zero-order chi connectivity index (χ0) is 19.6. The van der Waals surface area contributed by atoms with Crippen LogP contribution in [-0.4, -0.2) is 24.5 Å². The van der Waals surface area contributed by atoms with E-state index >= 15 is 0 Å². The summed E-state index contributed by atoms with van der Waals surface area (Å²) >= 11 is 0. The predicted octanol–water partition coefficient (Wildman–Crippen LogP) is 2.85. The monoisotopic (exact) mass is 372 g/mol. The first kappa shape index (κ1) is 20.0. The second-order valence-corrected chi connectivity index (χ2v) is 5.50. The summed E-state index contributed by atoms with van der Waals surface area (Å²) in [5.41, 5.74) is 5.29. The molecule has 0 aliphatic rings. The SMILES string of the molecule is CCOc1ccccc1/C=C/C(=O)NNC(=O)C(C)Oc1ccc(F)cc1. The van der Waals surface area contributed by atoms with Gasteiger partial charge in [-0.1, -0.05) is 18.2 Å². The highest BCUT2D eigenvalue weighted by Gasteiger charge is 2.15. The van der Waals surface area contributed by atoms with Crippen LogP contribution in [0.2, 0.25) is 0 Å². The van der Waals surface area contributed by atoms with E-state index in [0.29, 0.717) is 18.1 Å². The molecule has 2 N–H and O–H groups in total. The Balaban J connectivity index is 1.83. The van der Waals surface area contributed by atoms with Crippen LogP contribution < -0.4 is 20.3 Å². The second kappa shape index (κ2) is 9.96. The van der Waals surface area contributed by atoms with Gasteiger partial charge in [-0.3, -0.25) is 20.4 Å². The number of halogens is 1. The normalized spacial score (nSPS) is 11.7. The van der Waals surface area contributed by atoms with Gasteiger partial charge in [0.05, 0.1) is 6.61 Å². The van der Waals surface area contributed by atoms with Crippen molar-refractivity contribution >= 4 is 17.9 Å². The molecule has 2 aromatic carbocycles. The Bertz CT molecular complexity index is 806. The minimum absolute atomic E-state index is 0.345. The minimum Gasteiger partial charge on any atom is -0.493 e. The Labute approximate surface area is 157 Å². The number of benzene rings is 2. The average Bonchev–Trinajstić information content (AvgIpc) is 2.67. The largest absolute Gasteiger partial charge is 0.493 e. The van der Waals surface area contributed by atoms with Gasteiger partial charge in [-0.05, 0) is 50.3 Å². The third-order valence-electron chi connectivity index (χ3n) is 3.44. The first-order valence-electron chi connectivity index (χ1n) is 8.41. The molecule has 7 heteroatoms. The highest BCUT2D eigenvalue weighted by atomic mass is 19.1. The molecule has 0 fully saturated rings. The number of hydrazine groups is 1. The van der Waals surface area contributed by atoms with E-state index in [-0.39, 0.29) is 0 Å². The molecule has 6 nitrogen and oxygen atoms in total. The molecule has 0 aliphatic carbocycles. The first-order valence-corrected chi connectivity index (χ1v) is 8.41. The van der Waals surface area contributed by atoms with E-state index in [1.807, 2.05) is 25.1 Å². The summed E-state index contributed by atoms with van der Waals surface area (Å²) in [4.78, 5) is 23.8. The van der Waals surface area contributed by atoms with Crippen LogP contribution in [0.3, 0.4) is 0 Å². The highest BCUT2D eigenvalue weighted by Crippen LogP contribution is 2.19. The van der Waals surface area contributed by atoms with Gasteiger partial charge in [0.1, 0.15) is 17.3 Å². The van der Waals surface area contributed by atoms with Crippen molar-refractivity contribution in [2.45, 2.75) is 20.0 Å². The van der Waals surface area contributed by atoms with E-state index in [0.717, 1.165) is 5.56 Å². The van der Waals surface area contributed by atoms with Crippen molar-refractivity contribution in [1.82, 2.24) is 10.9 Å². The second-order valence-electron chi connectivity index (χ2n) is 5.50. The predicted molar refractivity (Wildman–Crippen MR) is 99.4 cm³/mol. The van der Waals surface area contributed by atoms with Crippen LogP contribution in [-0.2, 0) is 9.59 Å². The smallest absolute Gasteiger partial charge is 0.279 e. The van der Waals surface area contributed by atoms with Gasteiger partial charge in [0.25, 0.3) is 11.8 Å². The summed E-state index contributed by atoms with van der Waals surface area (Å²) in [6.45, 7) is 3.90. The van der Waals surface area contributed by atoms with Crippen molar-refractivity contribution in [1.29, 1.82) is 0 Å². The van der Waals surface area contributed by atoms with Crippen LogP contribution in [0.25, 0.3) is 6.08 Å². The number of hydrogen-bond donors (Lipinski definition) is 2. The Morgan fingerprint density at radius 1 is 1.11 bits per heavy atom. The number of ether oxygens (including phenoxy) is 2. The molecule has 0 saturated carbocycles. The third kappa shape index (κ3) is 6.47. The van der Waals surface area contributed by atoms with Crippen molar-refractivity contribution in [3.05, 3.63) is 66.0 Å². The van der Waals surface area contributed by atoms with E-state index in [1.54, 1.807) is 12.1 Å². The molecule has 0 aromatic heterocycles. The van der Waals surface area contributed by atoms with Crippen LogP contribution >= 0.6 is 0 Å². The molecule has 0 spiro atoms. The fourth-order valence-electron chi connectivity index (χ4n) is 2.11. The maximum atomic E-state index is 12.9.